The first-order valence-electron chi connectivity index (χ1n) is 11.4. The van der Waals surface area contributed by atoms with Crippen LogP contribution in [0.3, 0.4) is 0 Å². The summed E-state index contributed by atoms with van der Waals surface area (Å²) in [4.78, 5) is 43.7. The van der Waals surface area contributed by atoms with E-state index in [-0.39, 0.29) is 32.4 Å². The summed E-state index contributed by atoms with van der Waals surface area (Å²) >= 11 is 0. The molecule has 2 atom stereocenters. The lowest BCUT2D eigenvalue weighted by atomic mass is 10.0. The summed E-state index contributed by atoms with van der Waals surface area (Å²) < 4.78 is 30.7. The van der Waals surface area contributed by atoms with Gasteiger partial charge >= 0.3 is 12.1 Å². The minimum Gasteiger partial charge on any atom is -0.480 e. The normalized spacial score (nSPS) is 13.4. The van der Waals surface area contributed by atoms with E-state index >= 15 is 0 Å². The standard InChI is InChI=1S/C23H33N5O7S/c1-23(2,3)36(33,34)26-10-7-11-35-22(32)28-18(12-16-8-5-4-6-9-16)20(29)27-19(21(30)31)13-17-14-24-15-25-17/h4-6,8-9,14-15,18-19,26H,7,10-13H2,1-3H3,(H,24,25)(H,27,29)(H,28,32)(H,30,31)/t18-,19-/m0/s1. The number of hydrogen-bond acceptors (Lipinski definition) is 7. The van der Waals surface area contributed by atoms with E-state index in [0.717, 1.165) is 5.56 Å². The number of carboxylic acid groups (broad SMARTS) is 1. The molecule has 2 amide bonds. The molecule has 2 aromatic rings. The number of nitrogens with one attached hydrogen (secondary N) is 4. The predicted octanol–water partition coefficient (Wildman–Crippen LogP) is 0.967. The van der Waals surface area contributed by atoms with Gasteiger partial charge in [-0.2, -0.15) is 0 Å². The van der Waals surface area contributed by atoms with E-state index in [9.17, 15) is 27.9 Å². The Morgan fingerprint density at radius 3 is 2.36 bits per heavy atom. The number of aliphatic carboxylic acids is 1. The van der Waals surface area contributed by atoms with Crippen molar-refractivity contribution >= 4 is 28.0 Å². The third-order valence-electron chi connectivity index (χ3n) is 5.13. The van der Waals surface area contributed by atoms with Crippen molar-refractivity contribution < 1.29 is 32.6 Å². The zero-order valence-corrected chi connectivity index (χ0v) is 21.3. The molecule has 0 aliphatic heterocycles. The van der Waals surface area contributed by atoms with Gasteiger partial charge in [-0.05, 0) is 32.8 Å². The average molecular weight is 524 g/mol. The number of carbonyl (C=O) groups excluding carboxylic acids is 2. The van der Waals surface area contributed by atoms with Crippen molar-refractivity contribution in [3.8, 4) is 0 Å². The number of hydrogen-bond donors (Lipinski definition) is 5. The molecule has 2 rings (SSSR count). The molecule has 0 bridgehead atoms. The van der Waals surface area contributed by atoms with Crippen molar-refractivity contribution in [3.05, 3.63) is 54.1 Å². The summed E-state index contributed by atoms with van der Waals surface area (Å²) in [6.45, 7) is 4.70. The molecule has 1 aromatic carbocycles. The highest BCUT2D eigenvalue weighted by molar-refractivity contribution is 7.90. The Morgan fingerprint density at radius 1 is 1.08 bits per heavy atom. The van der Waals surface area contributed by atoms with E-state index in [1.807, 2.05) is 0 Å². The number of benzene rings is 1. The molecular weight excluding hydrogens is 490 g/mol. The Bertz CT molecular complexity index is 1100. The maximum Gasteiger partial charge on any atom is 0.407 e. The Morgan fingerprint density at radius 2 is 1.78 bits per heavy atom. The van der Waals surface area contributed by atoms with Crippen LogP contribution in [0.2, 0.25) is 0 Å². The molecule has 0 aliphatic rings. The van der Waals surface area contributed by atoms with Gasteiger partial charge in [-0.25, -0.2) is 27.7 Å². The summed E-state index contributed by atoms with van der Waals surface area (Å²) in [6, 6.07) is 6.53. The summed E-state index contributed by atoms with van der Waals surface area (Å²) in [6.07, 6.45) is 2.33. The summed E-state index contributed by atoms with van der Waals surface area (Å²) in [5.41, 5.74) is 1.20. The van der Waals surface area contributed by atoms with E-state index in [2.05, 4.69) is 25.3 Å². The van der Waals surface area contributed by atoms with Crippen LogP contribution >= 0.6 is 0 Å². The number of carboxylic acids is 1. The van der Waals surface area contributed by atoms with Crippen molar-refractivity contribution in [1.82, 2.24) is 25.3 Å². The molecule has 1 aromatic heterocycles. The number of aromatic nitrogens is 2. The van der Waals surface area contributed by atoms with Gasteiger partial charge < -0.3 is 25.5 Å². The van der Waals surface area contributed by atoms with Gasteiger partial charge in [-0.3, -0.25) is 4.79 Å². The van der Waals surface area contributed by atoms with Gasteiger partial charge in [0.1, 0.15) is 12.1 Å². The summed E-state index contributed by atoms with van der Waals surface area (Å²) in [7, 11) is -3.51. The van der Waals surface area contributed by atoms with E-state index < -0.39 is 44.8 Å². The number of rotatable bonds is 13. The number of aromatic amines is 1. The molecule has 0 saturated carbocycles. The largest absolute Gasteiger partial charge is 0.480 e. The monoisotopic (exact) mass is 523 g/mol. The fourth-order valence-electron chi connectivity index (χ4n) is 2.99. The molecule has 0 unspecified atom stereocenters. The third kappa shape index (κ3) is 9.30. The van der Waals surface area contributed by atoms with Crippen molar-refractivity contribution in [3.63, 3.8) is 0 Å². The van der Waals surface area contributed by atoms with Crippen molar-refractivity contribution in [2.45, 2.75) is 56.9 Å². The second-order valence-corrected chi connectivity index (χ2v) is 11.6. The van der Waals surface area contributed by atoms with Gasteiger partial charge in [0.15, 0.2) is 0 Å². The molecule has 0 fully saturated rings. The molecule has 0 spiro atoms. The molecule has 0 radical (unpaired) electrons. The lowest BCUT2D eigenvalue weighted by molar-refractivity contribution is -0.142. The van der Waals surface area contributed by atoms with Crippen molar-refractivity contribution in [2.24, 2.45) is 0 Å². The first kappa shape index (κ1) is 28.8. The Kier molecular flexibility index (Phi) is 10.4. The number of nitrogens with zero attached hydrogens (tertiary/aromatic N) is 1. The number of carbonyl (C=O) groups is 3. The predicted molar refractivity (Wildman–Crippen MR) is 132 cm³/mol. The van der Waals surface area contributed by atoms with Crippen LogP contribution in [0.4, 0.5) is 4.79 Å². The molecule has 0 saturated heterocycles. The molecule has 36 heavy (non-hydrogen) atoms. The lowest BCUT2D eigenvalue weighted by Gasteiger charge is -2.21. The van der Waals surface area contributed by atoms with Crippen LogP contribution in [-0.4, -0.2) is 71.4 Å². The maximum absolute atomic E-state index is 13.0. The van der Waals surface area contributed by atoms with Crippen LogP contribution in [-0.2, 0) is 37.2 Å². The van der Waals surface area contributed by atoms with Gasteiger partial charge in [0, 0.05) is 25.6 Å². The summed E-state index contributed by atoms with van der Waals surface area (Å²) in [5, 5.41) is 14.5. The third-order valence-corrected chi connectivity index (χ3v) is 7.32. The SMILES string of the molecule is CC(C)(C)S(=O)(=O)NCCCOC(=O)N[C@@H](Cc1ccccc1)C(=O)N[C@@H](Cc1c[nH]cn1)C(=O)O. The van der Waals surface area contributed by atoms with Gasteiger partial charge in [0.05, 0.1) is 23.4 Å². The molecule has 12 nitrogen and oxygen atoms in total. The van der Waals surface area contributed by atoms with Crippen molar-refractivity contribution in [1.29, 1.82) is 0 Å². The van der Waals surface area contributed by atoms with E-state index in [1.165, 1.54) is 12.5 Å². The fraction of sp³-hybridized carbons (Fsp3) is 0.478. The van der Waals surface area contributed by atoms with E-state index in [0.29, 0.717) is 5.69 Å². The van der Waals surface area contributed by atoms with Crippen LogP contribution in [0.1, 0.15) is 38.4 Å². The highest BCUT2D eigenvalue weighted by atomic mass is 32.2. The first-order valence-corrected chi connectivity index (χ1v) is 12.8. The topological polar surface area (TPSA) is 180 Å². The number of H-pyrrole nitrogens is 1. The maximum atomic E-state index is 13.0. The molecule has 198 valence electrons. The Hall–Kier alpha value is -3.45. The second-order valence-electron chi connectivity index (χ2n) is 9.05. The highest BCUT2D eigenvalue weighted by Crippen LogP contribution is 2.12. The second kappa shape index (κ2) is 13.0. The number of imidazole rings is 1. The van der Waals surface area contributed by atoms with E-state index in [1.54, 1.807) is 51.1 Å². The molecule has 13 heteroatoms. The zero-order chi connectivity index (χ0) is 26.8. The number of sulfonamides is 1. The molecule has 0 aliphatic carbocycles. The number of amides is 2. The quantitative estimate of drug-likeness (QED) is 0.241. The fourth-order valence-corrected chi connectivity index (χ4v) is 3.83. The Labute approximate surface area is 210 Å². The lowest BCUT2D eigenvalue weighted by Crippen LogP contribution is -2.53. The van der Waals surface area contributed by atoms with Crippen LogP contribution < -0.4 is 15.4 Å². The van der Waals surface area contributed by atoms with Gasteiger partial charge in [0.2, 0.25) is 15.9 Å². The molecule has 5 N–H and O–H groups in total. The minimum atomic E-state index is -3.51. The Balaban J connectivity index is 1.96. The number of ether oxygens (including phenoxy) is 1. The van der Waals surface area contributed by atoms with Crippen LogP contribution in [0.5, 0.6) is 0 Å². The highest BCUT2D eigenvalue weighted by Gasteiger charge is 2.29. The molecular formula is C23H33N5O7S. The van der Waals surface area contributed by atoms with Crippen molar-refractivity contribution in [2.75, 3.05) is 13.2 Å². The molecule has 1 heterocycles. The van der Waals surface area contributed by atoms with Crippen LogP contribution in [0, 0.1) is 0 Å². The smallest absolute Gasteiger partial charge is 0.407 e. The number of alkyl carbamates (subject to hydrolysis) is 1. The average Bonchev–Trinajstić information content (AvgIpc) is 3.31. The van der Waals surface area contributed by atoms with E-state index in [4.69, 9.17) is 4.74 Å². The van der Waals surface area contributed by atoms with Crippen LogP contribution in [0.15, 0.2) is 42.9 Å². The zero-order valence-electron chi connectivity index (χ0n) is 20.5. The first-order chi connectivity index (χ1) is 16.9. The summed E-state index contributed by atoms with van der Waals surface area (Å²) in [5.74, 6) is -1.94. The van der Waals surface area contributed by atoms with Gasteiger partial charge in [0.25, 0.3) is 0 Å². The van der Waals surface area contributed by atoms with Crippen LogP contribution in [0.25, 0.3) is 0 Å². The van der Waals surface area contributed by atoms with Gasteiger partial charge in [-0.1, -0.05) is 30.3 Å². The minimum absolute atomic E-state index is 0.0441. The van der Waals surface area contributed by atoms with Gasteiger partial charge in [-0.15, -0.1) is 0 Å².